The fraction of sp³-hybridized carbons (Fsp3) is 0.450. The normalized spacial score (nSPS) is 21.2. The van der Waals surface area contributed by atoms with E-state index in [1.54, 1.807) is 9.80 Å². The first kappa shape index (κ1) is 20.5. The van der Waals surface area contributed by atoms with Crippen molar-refractivity contribution in [1.82, 2.24) is 4.98 Å². The molecule has 0 aliphatic carbocycles. The van der Waals surface area contributed by atoms with Gasteiger partial charge in [-0.15, -0.1) is 0 Å². The summed E-state index contributed by atoms with van der Waals surface area (Å²) in [6, 6.07) is 7.42. The molecule has 0 radical (unpaired) electrons. The summed E-state index contributed by atoms with van der Waals surface area (Å²) in [5, 5.41) is 0. The van der Waals surface area contributed by atoms with Crippen molar-refractivity contribution in [3.05, 3.63) is 46.1 Å². The molecule has 2 aliphatic rings. The summed E-state index contributed by atoms with van der Waals surface area (Å²) in [7, 11) is -3.94. The van der Waals surface area contributed by atoms with E-state index in [2.05, 4.69) is 20.9 Å². The summed E-state index contributed by atoms with van der Waals surface area (Å²) in [5.41, 5.74) is 0.597. The largest absolute Gasteiger partial charge is 0.361 e. The average molecular weight is 486 g/mol. The number of benzene rings is 1. The predicted molar refractivity (Wildman–Crippen MR) is 112 cm³/mol. The molecule has 5 nitrogen and oxygen atoms in total. The Bertz CT molecular complexity index is 1050. The average Bonchev–Trinajstić information content (AvgIpc) is 2.66. The SMILES string of the molecule is C[C@H]1CCCCN1c1nc(F)c2c(c1F)S(=O)(=O)CCN2Cc1cccc(Br)c1. The van der Waals surface area contributed by atoms with E-state index >= 15 is 8.78 Å². The van der Waals surface area contributed by atoms with Crippen molar-refractivity contribution >= 4 is 37.3 Å². The van der Waals surface area contributed by atoms with Crippen molar-refractivity contribution in [3.63, 3.8) is 0 Å². The monoisotopic (exact) mass is 485 g/mol. The van der Waals surface area contributed by atoms with Crippen LogP contribution in [0.1, 0.15) is 31.7 Å². The maximum absolute atomic E-state index is 15.5. The maximum atomic E-state index is 15.5. The topological polar surface area (TPSA) is 53.5 Å². The van der Waals surface area contributed by atoms with E-state index < -0.39 is 26.5 Å². The molecule has 0 saturated carbocycles. The smallest absolute Gasteiger partial charge is 0.239 e. The summed E-state index contributed by atoms with van der Waals surface area (Å²) < 4.78 is 56.9. The molecule has 156 valence electrons. The first-order valence-corrected chi connectivity index (χ1v) is 12.1. The van der Waals surface area contributed by atoms with Gasteiger partial charge in [0.15, 0.2) is 21.5 Å². The van der Waals surface area contributed by atoms with Crippen molar-refractivity contribution in [2.24, 2.45) is 0 Å². The molecule has 1 fully saturated rings. The Morgan fingerprint density at radius 3 is 2.76 bits per heavy atom. The summed E-state index contributed by atoms with van der Waals surface area (Å²) in [4.78, 5) is 6.60. The predicted octanol–water partition coefficient (Wildman–Crippen LogP) is 4.30. The lowest BCUT2D eigenvalue weighted by molar-refractivity contribution is 0.456. The molecule has 0 amide bonds. The van der Waals surface area contributed by atoms with Crippen molar-refractivity contribution in [3.8, 4) is 0 Å². The van der Waals surface area contributed by atoms with Crippen LogP contribution in [0, 0.1) is 11.8 Å². The van der Waals surface area contributed by atoms with Crippen molar-refractivity contribution < 1.29 is 17.2 Å². The molecular weight excluding hydrogens is 464 g/mol. The molecule has 1 aromatic carbocycles. The molecule has 0 N–H and O–H groups in total. The molecule has 2 aromatic rings. The fourth-order valence-corrected chi connectivity index (χ4v) is 6.10. The Morgan fingerprint density at radius 1 is 1.24 bits per heavy atom. The molecule has 9 heteroatoms. The standard InChI is InChI=1S/C20H22BrF2N3O2S/c1-13-5-2-3-8-26(13)20-16(22)18-17(19(23)24-20)25(9-10-29(18,27)28)12-14-6-4-7-15(21)11-14/h4,6-7,11,13H,2-3,5,8-10,12H2,1H3/t13-/m0/s1. The quantitative estimate of drug-likeness (QED) is 0.606. The van der Waals surface area contributed by atoms with E-state index in [0.29, 0.717) is 6.54 Å². The summed E-state index contributed by atoms with van der Waals surface area (Å²) >= 11 is 3.40. The molecule has 4 rings (SSSR count). The van der Waals surface area contributed by atoms with Crippen LogP contribution in [0.2, 0.25) is 0 Å². The molecule has 0 spiro atoms. The second kappa shape index (κ2) is 7.83. The van der Waals surface area contributed by atoms with E-state index in [-0.39, 0.29) is 36.4 Å². The van der Waals surface area contributed by atoms with Gasteiger partial charge in [-0.05, 0) is 43.9 Å². The lowest BCUT2D eigenvalue weighted by Crippen LogP contribution is -2.41. The van der Waals surface area contributed by atoms with Gasteiger partial charge in [-0.2, -0.15) is 9.37 Å². The van der Waals surface area contributed by atoms with Gasteiger partial charge in [-0.1, -0.05) is 28.1 Å². The minimum Gasteiger partial charge on any atom is -0.361 e. The van der Waals surface area contributed by atoms with Crippen LogP contribution < -0.4 is 9.80 Å². The number of nitrogens with zero attached hydrogens (tertiary/aromatic N) is 3. The summed E-state index contributed by atoms with van der Waals surface area (Å²) in [6.45, 7) is 2.80. The van der Waals surface area contributed by atoms with E-state index in [0.717, 1.165) is 29.3 Å². The first-order valence-electron chi connectivity index (χ1n) is 9.65. The number of piperidine rings is 1. The number of hydrogen-bond acceptors (Lipinski definition) is 5. The second-order valence-corrected chi connectivity index (χ2v) is 10.6. The van der Waals surface area contributed by atoms with Gasteiger partial charge in [0.1, 0.15) is 10.6 Å². The highest BCUT2D eigenvalue weighted by atomic mass is 79.9. The molecule has 1 aromatic heterocycles. The van der Waals surface area contributed by atoms with Crippen LogP contribution in [0.15, 0.2) is 33.6 Å². The highest BCUT2D eigenvalue weighted by Crippen LogP contribution is 2.40. The Hall–Kier alpha value is -1.74. The van der Waals surface area contributed by atoms with E-state index in [1.165, 1.54) is 0 Å². The van der Waals surface area contributed by atoms with Gasteiger partial charge in [-0.25, -0.2) is 12.8 Å². The number of hydrogen-bond donors (Lipinski definition) is 0. The molecule has 1 saturated heterocycles. The molecule has 3 heterocycles. The van der Waals surface area contributed by atoms with Gasteiger partial charge in [0.25, 0.3) is 0 Å². The number of halogens is 3. The number of rotatable bonds is 3. The molecule has 1 atom stereocenters. The summed E-state index contributed by atoms with van der Waals surface area (Å²) in [6.07, 6.45) is 2.68. The molecule has 0 bridgehead atoms. The highest BCUT2D eigenvalue weighted by Gasteiger charge is 2.38. The van der Waals surface area contributed by atoms with E-state index in [1.807, 2.05) is 31.2 Å². The van der Waals surface area contributed by atoms with Crippen LogP contribution in [0.3, 0.4) is 0 Å². The van der Waals surface area contributed by atoms with Gasteiger partial charge < -0.3 is 9.80 Å². The highest BCUT2D eigenvalue weighted by molar-refractivity contribution is 9.10. The van der Waals surface area contributed by atoms with Gasteiger partial charge >= 0.3 is 0 Å². The van der Waals surface area contributed by atoms with Crippen LogP contribution in [0.25, 0.3) is 0 Å². The maximum Gasteiger partial charge on any atom is 0.239 e. The third-order valence-electron chi connectivity index (χ3n) is 5.60. The third-order valence-corrected chi connectivity index (χ3v) is 7.81. The number of aromatic nitrogens is 1. The Kier molecular flexibility index (Phi) is 5.54. The molecular formula is C20H22BrF2N3O2S. The van der Waals surface area contributed by atoms with E-state index in [9.17, 15) is 8.42 Å². The first-order chi connectivity index (χ1) is 13.8. The number of fused-ring (bicyclic) bond motifs is 1. The zero-order valence-corrected chi connectivity index (χ0v) is 18.4. The van der Waals surface area contributed by atoms with Gasteiger partial charge in [0, 0.05) is 30.1 Å². The zero-order valence-electron chi connectivity index (χ0n) is 16.0. The molecule has 29 heavy (non-hydrogen) atoms. The number of anilines is 2. The third kappa shape index (κ3) is 3.86. The van der Waals surface area contributed by atoms with Gasteiger partial charge in [0.05, 0.1) is 5.75 Å². The lowest BCUT2D eigenvalue weighted by atomic mass is 10.0. The molecule has 2 aliphatic heterocycles. The molecule has 0 unspecified atom stereocenters. The zero-order chi connectivity index (χ0) is 20.8. The van der Waals surface area contributed by atoms with Gasteiger partial charge in [-0.3, -0.25) is 0 Å². The van der Waals surface area contributed by atoms with Crippen molar-refractivity contribution in [1.29, 1.82) is 0 Å². The Morgan fingerprint density at radius 2 is 2.03 bits per heavy atom. The van der Waals surface area contributed by atoms with Crippen LogP contribution in [-0.2, 0) is 16.4 Å². The Balaban J connectivity index is 1.81. The van der Waals surface area contributed by atoms with Gasteiger partial charge in [0.2, 0.25) is 5.95 Å². The van der Waals surface area contributed by atoms with Crippen LogP contribution in [-0.4, -0.2) is 38.3 Å². The fourth-order valence-electron chi connectivity index (χ4n) is 4.11. The number of pyridine rings is 1. The minimum absolute atomic E-state index is 0.0210. The van der Waals surface area contributed by atoms with Crippen LogP contribution in [0.4, 0.5) is 20.3 Å². The van der Waals surface area contributed by atoms with Crippen LogP contribution in [0.5, 0.6) is 0 Å². The lowest BCUT2D eigenvalue weighted by Gasteiger charge is -2.36. The van der Waals surface area contributed by atoms with Crippen molar-refractivity contribution in [2.45, 2.75) is 43.7 Å². The summed E-state index contributed by atoms with van der Waals surface area (Å²) in [5.74, 6) is -2.33. The minimum atomic E-state index is -3.94. The number of sulfone groups is 1. The van der Waals surface area contributed by atoms with Crippen LogP contribution >= 0.6 is 15.9 Å². The van der Waals surface area contributed by atoms with Crippen molar-refractivity contribution in [2.75, 3.05) is 28.6 Å². The Labute approximate surface area is 177 Å². The van der Waals surface area contributed by atoms with E-state index in [4.69, 9.17) is 0 Å². The second-order valence-electron chi connectivity index (χ2n) is 7.63.